The first-order valence-electron chi connectivity index (χ1n) is 4.22. The molecule has 8 nitrogen and oxygen atoms in total. The van der Waals surface area contributed by atoms with Crippen molar-refractivity contribution in [3.05, 3.63) is 17.8 Å². The number of hydrogen-bond acceptors (Lipinski definition) is 6. The number of sulfonamides is 1. The summed E-state index contributed by atoms with van der Waals surface area (Å²) in [4.78, 5) is 3.73. The van der Waals surface area contributed by atoms with E-state index in [-0.39, 0.29) is 16.4 Å². The number of rotatable bonds is 2. The van der Waals surface area contributed by atoms with Gasteiger partial charge in [-0.1, -0.05) is 0 Å². The Hall–Kier alpha value is -1.87. The maximum atomic E-state index is 11.3. The number of aromatic nitrogens is 5. The Kier molecular flexibility index (Phi) is 2.40. The van der Waals surface area contributed by atoms with Crippen molar-refractivity contribution in [3.63, 3.8) is 0 Å². The Morgan fingerprint density at radius 3 is 2.75 bits per heavy atom. The Balaban J connectivity index is 2.78. The van der Waals surface area contributed by atoms with Gasteiger partial charge in [-0.3, -0.25) is 0 Å². The third-order valence-electron chi connectivity index (χ3n) is 1.96. The highest BCUT2D eigenvalue weighted by molar-refractivity contribution is 7.89. The molecule has 3 N–H and O–H groups in total. The van der Waals surface area contributed by atoms with Crippen LogP contribution >= 0.6 is 0 Å². The Labute approximate surface area is 90.9 Å². The zero-order valence-corrected chi connectivity index (χ0v) is 9.06. The number of tetrazole rings is 1. The monoisotopic (exact) mass is 240 g/mol. The summed E-state index contributed by atoms with van der Waals surface area (Å²) in [6.07, 6.45) is 1.36. The number of nitrogens with one attached hydrogen (secondary N) is 1. The van der Waals surface area contributed by atoms with E-state index in [1.807, 2.05) is 0 Å². The molecule has 84 valence electrons. The third-order valence-corrected chi connectivity index (χ3v) is 2.81. The van der Waals surface area contributed by atoms with Gasteiger partial charge in [-0.05, 0) is 23.8 Å². The molecule has 9 heteroatoms. The van der Waals surface area contributed by atoms with E-state index in [0.717, 1.165) is 0 Å². The van der Waals surface area contributed by atoms with Crippen LogP contribution in [0.25, 0.3) is 11.4 Å². The predicted octanol–water partition coefficient (Wildman–Crippen LogP) is -0.782. The van der Waals surface area contributed by atoms with Crippen molar-refractivity contribution in [3.8, 4) is 11.4 Å². The summed E-state index contributed by atoms with van der Waals surface area (Å²) < 4.78 is 22.7. The van der Waals surface area contributed by atoms with Crippen LogP contribution in [-0.2, 0) is 10.0 Å². The zero-order valence-electron chi connectivity index (χ0n) is 8.25. The van der Waals surface area contributed by atoms with Crippen LogP contribution in [0.1, 0.15) is 5.56 Å². The predicted molar refractivity (Wildman–Crippen MR) is 53.5 cm³/mol. The molecule has 0 saturated heterocycles. The van der Waals surface area contributed by atoms with Crippen LogP contribution in [0.15, 0.2) is 17.3 Å². The van der Waals surface area contributed by atoms with E-state index >= 15 is 0 Å². The standard InChI is InChI=1S/C7H8N6O2S/c1-4-2-3-9-7(16(8,14)15)5(4)6-10-12-13-11-6/h2-3H,1H3,(H2,8,14,15)(H,10,11,12,13). The van der Waals surface area contributed by atoms with E-state index in [9.17, 15) is 8.42 Å². The fourth-order valence-electron chi connectivity index (χ4n) is 1.29. The number of H-pyrrole nitrogens is 1. The quantitative estimate of drug-likeness (QED) is 0.708. The molecule has 0 aliphatic rings. The molecule has 2 rings (SSSR count). The van der Waals surface area contributed by atoms with Gasteiger partial charge in [0.05, 0.1) is 5.56 Å². The fourth-order valence-corrected chi connectivity index (χ4v) is 2.03. The van der Waals surface area contributed by atoms with Crippen molar-refractivity contribution in [2.75, 3.05) is 0 Å². The number of aryl methyl sites for hydroxylation is 1. The molecule has 0 amide bonds. The second kappa shape index (κ2) is 3.61. The lowest BCUT2D eigenvalue weighted by molar-refractivity contribution is 0.594. The molecule has 0 aliphatic heterocycles. The van der Waals surface area contributed by atoms with Gasteiger partial charge in [0.1, 0.15) is 0 Å². The average Bonchev–Trinajstić information content (AvgIpc) is 2.68. The number of primary sulfonamides is 1. The highest BCUT2D eigenvalue weighted by Crippen LogP contribution is 2.24. The van der Waals surface area contributed by atoms with E-state index in [0.29, 0.717) is 5.56 Å². The molecule has 0 atom stereocenters. The minimum absolute atomic E-state index is 0.148. The first-order valence-corrected chi connectivity index (χ1v) is 5.77. The molecular formula is C7H8N6O2S. The molecule has 0 bridgehead atoms. The van der Waals surface area contributed by atoms with Gasteiger partial charge < -0.3 is 0 Å². The van der Waals surface area contributed by atoms with Crippen molar-refractivity contribution in [1.29, 1.82) is 0 Å². The molecule has 2 aromatic rings. The largest absolute Gasteiger partial charge is 0.256 e. The number of hydrogen-bond donors (Lipinski definition) is 2. The molecule has 16 heavy (non-hydrogen) atoms. The minimum Gasteiger partial charge on any atom is -0.243 e. The van der Waals surface area contributed by atoms with Crippen LogP contribution in [0.5, 0.6) is 0 Å². The maximum Gasteiger partial charge on any atom is 0.256 e. The molecule has 2 aromatic heterocycles. The van der Waals surface area contributed by atoms with Crippen molar-refractivity contribution in [2.24, 2.45) is 5.14 Å². The molecule has 0 spiro atoms. The summed E-state index contributed by atoms with van der Waals surface area (Å²) in [5.74, 6) is 0.148. The van der Waals surface area contributed by atoms with Crippen LogP contribution < -0.4 is 5.14 Å². The van der Waals surface area contributed by atoms with Gasteiger partial charge in [0, 0.05) is 6.20 Å². The SMILES string of the molecule is Cc1ccnc(S(N)(=O)=O)c1-c1nn[nH]n1. The second-order valence-corrected chi connectivity index (χ2v) is 4.57. The van der Waals surface area contributed by atoms with Gasteiger partial charge in [0.25, 0.3) is 10.0 Å². The van der Waals surface area contributed by atoms with Crippen molar-refractivity contribution in [2.45, 2.75) is 11.9 Å². The van der Waals surface area contributed by atoms with E-state index < -0.39 is 10.0 Å². The fraction of sp³-hybridized carbons (Fsp3) is 0.143. The van der Waals surface area contributed by atoms with Gasteiger partial charge in [-0.15, -0.1) is 10.2 Å². The highest BCUT2D eigenvalue weighted by Gasteiger charge is 2.21. The van der Waals surface area contributed by atoms with E-state index in [1.165, 1.54) is 6.20 Å². The molecule has 0 unspecified atom stereocenters. The summed E-state index contributed by atoms with van der Waals surface area (Å²) >= 11 is 0. The number of pyridine rings is 1. The molecule has 2 heterocycles. The molecule has 0 aromatic carbocycles. The Morgan fingerprint density at radius 1 is 1.44 bits per heavy atom. The first kappa shape index (κ1) is 10.6. The molecule has 0 radical (unpaired) electrons. The number of aromatic amines is 1. The second-order valence-electron chi connectivity index (χ2n) is 3.09. The maximum absolute atomic E-state index is 11.3. The zero-order chi connectivity index (χ0) is 11.8. The van der Waals surface area contributed by atoms with Crippen molar-refractivity contribution in [1.82, 2.24) is 25.6 Å². The van der Waals surface area contributed by atoms with Gasteiger partial charge in [-0.25, -0.2) is 18.5 Å². The van der Waals surface area contributed by atoms with Gasteiger partial charge in [-0.2, -0.15) is 5.21 Å². The Morgan fingerprint density at radius 2 is 2.19 bits per heavy atom. The third kappa shape index (κ3) is 1.77. The van der Waals surface area contributed by atoms with Crippen molar-refractivity contribution < 1.29 is 8.42 Å². The topological polar surface area (TPSA) is 128 Å². The lowest BCUT2D eigenvalue weighted by Crippen LogP contribution is -2.16. The van der Waals surface area contributed by atoms with Crippen LogP contribution in [0.3, 0.4) is 0 Å². The summed E-state index contributed by atoms with van der Waals surface area (Å²) in [5, 5.41) is 17.8. The van der Waals surface area contributed by atoms with Crippen molar-refractivity contribution >= 4 is 10.0 Å². The van der Waals surface area contributed by atoms with Gasteiger partial charge in [0.2, 0.25) is 5.82 Å². The molecule has 0 fully saturated rings. The van der Waals surface area contributed by atoms with E-state index in [4.69, 9.17) is 5.14 Å². The lowest BCUT2D eigenvalue weighted by atomic mass is 10.1. The summed E-state index contributed by atoms with van der Waals surface area (Å²) in [6, 6.07) is 1.64. The summed E-state index contributed by atoms with van der Waals surface area (Å²) in [5.41, 5.74) is 0.916. The minimum atomic E-state index is -3.91. The smallest absolute Gasteiger partial charge is 0.243 e. The van der Waals surface area contributed by atoms with Gasteiger partial charge >= 0.3 is 0 Å². The molecular weight excluding hydrogens is 232 g/mol. The Bertz CT molecular complexity index is 606. The lowest BCUT2D eigenvalue weighted by Gasteiger charge is -2.05. The first-order chi connectivity index (χ1) is 7.50. The van der Waals surface area contributed by atoms with Crippen LogP contribution in [0, 0.1) is 6.92 Å². The summed E-state index contributed by atoms with van der Waals surface area (Å²) in [7, 11) is -3.91. The van der Waals surface area contributed by atoms with E-state index in [1.54, 1.807) is 13.0 Å². The molecule has 0 aliphatic carbocycles. The van der Waals surface area contributed by atoms with Crippen LogP contribution in [-0.4, -0.2) is 34.0 Å². The average molecular weight is 240 g/mol. The summed E-state index contributed by atoms with van der Waals surface area (Å²) in [6.45, 7) is 1.71. The molecule has 0 saturated carbocycles. The normalized spacial score (nSPS) is 11.6. The van der Waals surface area contributed by atoms with Gasteiger partial charge in [0.15, 0.2) is 5.03 Å². The van der Waals surface area contributed by atoms with Crippen LogP contribution in [0.2, 0.25) is 0 Å². The number of nitrogens with two attached hydrogens (primary N) is 1. The highest BCUT2D eigenvalue weighted by atomic mass is 32.2. The number of nitrogens with zero attached hydrogens (tertiary/aromatic N) is 4. The van der Waals surface area contributed by atoms with Crippen LogP contribution in [0.4, 0.5) is 0 Å². The van der Waals surface area contributed by atoms with E-state index in [2.05, 4.69) is 25.6 Å².